The number of aromatic nitrogens is 1. The summed E-state index contributed by atoms with van der Waals surface area (Å²) in [6, 6.07) is 10.7. The molecule has 0 bridgehead atoms. The third-order valence-electron chi connectivity index (χ3n) is 2.73. The number of rotatable bonds is 5. The second kappa shape index (κ2) is 7.40. The van der Waals surface area contributed by atoms with Crippen molar-refractivity contribution in [2.75, 3.05) is 5.88 Å². The van der Waals surface area contributed by atoms with E-state index in [1.165, 1.54) is 0 Å². The second-order valence-electron chi connectivity index (χ2n) is 4.30. The normalized spacial score (nSPS) is 11.2. The van der Waals surface area contributed by atoms with E-state index in [2.05, 4.69) is 15.3 Å². The van der Waals surface area contributed by atoms with Gasteiger partial charge in [0.05, 0.1) is 17.1 Å². The summed E-state index contributed by atoms with van der Waals surface area (Å²) in [5.41, 5.74) is 7.49. The van der Waals surface area contributed by atoms with Crippen LogP contribution in [-0.4, -0.2) is 22.6 Å². The van der Waals surface area contributed by atoms with E-state index in [0.29, 0.717) is 17.8 Å². The number of amides is 1. The van der Waals surface area contributed by atoms with Crippen LogP contribution < -0.4 is 11.1 Å². The fourth-order valence-corrected chi connectivity index (χ4v) is 1.79. The lowest BCUT2D eigenvalue weighted by Gasteiger charge is -2.08. The SMILES string of the molecule is NC(CCl)=Nc1ccccc1C(=O)NCc1cccnc1. The Morgan fingerprint density at radius 1 is 1.29 bits per heavy atom. The third kappa shape index (κ3) is 4.29. The zero-order valence-corrected chi connectivity index (χ0v) is 12.0. The van der Waals surface area contributed by atoms with Crippen LogP contribution in [-0.2, 0) is 6.54 Å². The summed E-state index contributed by atoms with van der Waals surface area (Å²) in [7, 11) is 0. The summed E-state index contributed by atoms with van der Waals surface area (Å²) in [4.78, 5) is 20.4. The summed E-state index contributed by atoms with van der Waals surface area (Å²) in [5.74, 6) is 0.163. The van der Waals surface area contributed by atoms with Crippen molar-refractivity contribution in [3.63, 3.8) is 0 Å². The maximum atomic E-state index is 12.2. The molecule has 3 N–H and O–H groups in total. The number of nitrogens with one attached hydrogen (secondary N) is 1. The fourth-order valence-electron chi connectivity index (χ4n) is 1.73. The molecule has 0 aliphatic carbocycles. The molecule has 0 aliphatic heterocycles. The van der Waals surface area contributed by atoms with Crippen molar-refractivity contribution in [1.82, 2.24) is 10.3 Å². The van der Waals surface area contributed by atoms with E-state index in [1.807, 2.05) is 12.1 Å². The number of carbonyl (C=O) groups excluding carboxylic acids is 1. The minimum atomic E-state index is -0.222. The highest BCUT2D eigenvalue weighted by Crippen LogP contribution is 2.18. The molecule has 5 nitrogen and oxygen atoms in total. The van der Waals surface area contributed by atoms with E-state index in [4.69, 9.17) is 17.3 Å². The van der Waals surface area contributed by atoms with Gasteiger partial charge in [-0.15, -0.1) is 11.6 Å². The Hall–Kier alpha value is -2.40. The number of pyridine rings is 1. The summed E-state index contributed by atoms with van der Waals surface area (Å²) < 4.78 is 0. The standard InChI is InChI=1S/C15H15ClN4O/c16-8-14(17)20-13-6-2-1-5-12(13)15(21)19-10-11-4-3-7-18-9-11/h1-7,9H,8,10H2,(H2,17,20)(H,19,21). The predicted octanol–water partition coefficient (Wildman–Crippen LogP) is 2.24. The van der Waals surface area contributed by atoms with Gasteiger partial charge in [-0.25, -0.2) is 4.99 Å². The van der Waals surface area contributed by atoms with Gasteiger partial charge < -0.3 is 11.1 Å². The van der Waals surface area contributed by atoms with Crippen LogP contribution in [0.2, 0.25) is 0 Å². The molecule has 0 atom stereocenters. The lowest BCUT2D eigenvalue weighted by Crippen LogP contribution is -2.23. The zero-order valence-electron chi connectivity index (χ0n) is 11.3. The first-order chi connectivity index (χ1) is 10.2. The Balaban J connectivity index is 2.12. The van der Waals surface area contributed by atoms with E-state index in [1.54, 1.807) is 36.7 Å². The van der Waals surface area contributed by atoms with Gasteiger partial charge in [0.1, 0.15) is 5.84 Å². The van der Waals surface area contributed by atoms with Crippen LogP contribution in [0.3, 0.4) is 0 Å². The van der Waals surface area contributed by atoms with Crippen molar-refractivity contribution in [2.24, 2.45) is 10.7 Å². The summed E-state index contributed by atoms with van der Waals surface area (Å²) >= 11 is 5.61. The molecule has 1 heterocycles. The van der Waals surface area contributed by atoms with Crippen LogP contribution in [0.5, 0.6) is 0 Å². The molecule has 0 saturated heterocycles. The molecule has 0 spiro atoms. The van der Waals surface area contributed by atoms with Crippen molar-refractivity contribution in [1.29, 1.82) is 0 Å². The molecule has 2 rings (SSSR count). The molecule has 0 unspecified atom stereocenters. The predicted molar refractivity (Wildman–Crippen MR) is 83.9 cm³/mol. The Labute approximate surface area is 127 Å². The zero-order chi connectivity index (χ0) is 15.1. The molecule has 0 radical (unpaired) electrons. The molecule has 21 heavy (non-hydrogen) atoms. The first-order valence-electron chi connectivity index (χ1n) is 6.36. The van der Waals surface area contributed by atoms with E-state index >= 15 is 0 Å². The van der Waals surface area contributed by atoms with E-state index in [-0.39, 0.29) is 17.6 Å². The van der Waals surface area contributed by atoms with Crippen LogP contribution in [0.4, 0.5) is 5.69 Å². The average molecular weight is 303 g/mol. The van der Waals surface area contributed by atoms with Crippen molar-refractivity contribution in [2.45, 2.75) is 6.54 Å². The number of nitrogens with zero attached hydrogens (tertiary/aromatic N) is 2. The molecular formula is C15H15ClN4O. The van der Waals surface area contributed by atoms with Gasteiger partial charge >= 0.3 is 0 Å². The monoisotopic (exact) mass is 302 g/mol. The Kier molecular flexibility index (Phi) is 5.29. The topological polar surface area (TPSA) is 80.4 Å². The highest BCUT2D eigenvalue weighted by atomic mass is 35.5. The van der Waals surface area contributed by atoms with Crippen molar-refractivity contribution in [3.8, 4) is 0 Å². The lowest BCUT2D eigenvalue weighted by atomic mass is 10.1. The number of amidine groups is 1. The molecule has 0 fully saturated rings. The molecule has 1 amide bonds. The molecule has 1 aromatic heterocycles. The van der Waals surface area contributed by atoms with Gasteiger partial charge in [-0.2, -0.15) is 0 Å². The van der Waals surface area contributed by atoms with Gasteiger partial charge in [0.25, 0.3) is 5.91 Å². The van der Waals surface area contributed by atoms with Gasteiger partial charge in [-0.1, -0.05) is 18.2 Å². The van der Waals surface area contributed by atoms with Crippen molar-refractivity contribution in [3.05, 3.63) is 59.9 Å². The van der Waals surface area contributed by atoms with E-state index < -0.39 is 0 Å². The first-order valence-corrected chi connectivity index (χ1v) is 6.89. The second-order valence-corrected chi connectivity index (χ2v) is 4.57. The number of aliphatic imine (C=N–C) groups is 1. The smallest absolute Gasteiger partial charge is 0.253 e. The number of nitrogens with two attached hydrogens (primary N) is 1. The van der Waals surface area contributed by atoms with Gasteiger partial charge in [0.15, 0.2) is 0 Å². The van der Waals surface area contributed by atoms with E-state index in [0.717, 1.165) is 5.56 Å². The van der Waals surface area contributed by atoms with Crippen LogP contribution in [0.1, 0.15) is 15.9 Å². The minimum Gasteiger partial charge on any atom is -0.386 e. The van der Waals surface area contributed by atoms with Crippen molar-refractivity contribution >= 4 is 29.0 Å². The first kappa shape index (κ1) is 15.0. The molecule has 6 heteroatoms. The van der Waals surface area contributed by atoms with Crippen LogP contribution in [0, 0.1) is 0 Å². The van der Waals surface area contributed by atoms with Crippen LogP contribution in [0.15, 0.2) is 53.8 Å². The summed E-state index contributed by atoms with van der Waals surface area (Å²) in [6.07, 6.45) is 3.39. The number of alkyl halides is 1. The molecule has 2 aromatic rings. The molecule has 108 valence electrons. The summed E-state index contributed by atoms with van der Waals surface area (Å²) in [5, 5.41) is 2.82. The van der Waals surface area contributed by atoms with Crippen molar-refractivity contribution < 1.29 is 4.79 Å². The van der Waals surface area contributed by atoms with Gasteiger partial charge in [0, 0.05) is 18.9 Å². The fraction of sp³-hybridized carbons (Fsp3) is 0.133. The quantitative estimate of drug-likeness (QED) is 0.505. The Morgan fingerprint density at radius 2 is 2.10 bits per heavy atom. The number of para-hydroxylation sites is 1. The Bertz CT molecular complexity index is 643. The van der Waals surface area contributed by atoms with Crippen LogP contribution >= 0.6 is 11.6 Å². The maximum absolute atomic E-state index is 12.2. The van der Waals surface area contributed by atoms with E-state index in [9.17, 15) is 4.79 Å². The Morgan fingerprint density at radius 3 is 2.81 bits per heavy atom. The molecule has 1 aromatic carbocycles. The minimum absolute atomic E-state index is 0.117. The van der Waals surface area contributed by atoms with Gasteiger partial charge in [0.2, 0.25) is 0 Å². The number of carbonyl (C=O) groups is 1. The lowest BCUT2D eigenvalue weighted by molar-refractivity contribution is 0.0951. The molecular weight excluding hydrogens is 288 g/mol. The summed E-state index contributed by atoms with van der Waals surface area (Å²) in [6.45, 7) is 0.399. The number of hydrogen-bond acceptors (Lipinski definition) is 3. The third-order valence-corrected chi connectivity index (χ3v) is 3.00. The largest absolute Gasteiger partial charge is 0.386 e. The highest BCUT2D eigenvalue weighted by molar-refractivity contribution is 6.28. The van der Waals surface area contributed by atoms with Crippen LogP contribution in [0.25, 0.3) is 0 Å². The molecule has 0 aliphatic rings. The number of benzene rings is 1. The average Bonchev–Trinajstić information content (AvgIpc) is 2.54. The maximum Gasteiger partial charge on any atom is 0.253 e. The van der Waals surface area contributed by atoms with Gasteiger partial charge in [-0.05, 0) is 23.8 Å². The number of halogens is 1. The van der Waals surface area contributed by atoms with Gasteiger partial charge in [-0.3, -0.25) is 9.78 Å². The number of hydrogen-bond donors (Lipinski definition) is 2. The molecule has 0 saturated carbocycles. The highest BCUT2D eigenvalue weighted by Gasteiger charge is 2.10.